The Morgan fingerprint density at radius 1 is 1.00 bits per heavy atom. The minimum atomic E-state index is 0.942. The van der Waals surface area contributed by atoms with Crippen molar-refractivity contribution < 1.29 is 0 Å². The lowest BCUT2D eigenvalue weighted by Crippen LogP contribution is -2.42. The highest BCUT2D eigenvalue weighted by atomic mass is 32.2. The predicted octanol–water partition coefficient (Wildman–Crippen LogP) is 2.61. The monoisotopic (exact) mass is 199 g/mol. The van der Waals surface area contributed by atoms with Crippen LogP contribution in [-0.2, 0) is 0 Å². The van der Waals surface area contributed by atoms with E-state index in [9.17, 15) is 0 Å². The zero-order valence-corrected chi connectivity index (χ0v) is 9.48. The molecule has 0 aromatic rings. The summed E-state index contributed by atoms with van der Waals surface area (Å²) in [6.45, 7) is 5.11. The summed E-state index contributed by atoms with van der Waals surface area (Å²) in [5, 5.41) is 0. The molecule has 0 aromatic carbocycles. The lowest BCUT2D eigenvalue weighted by atomic mass is 9.86. The van der Waals surface area contributed by atoms with Crippen LogP contribution in [0.25, 0.3) is 0 Å². The highest BCUT2D eigenvalue weighted by Crippen LogP contribution is 2.28. The summed E-state index contributed by atoms with van der Waals surface area (Å²) in [4.78, 5) is 2.74. The molecule has 2 rings (SSSR count). The van der Waals surface area contributed by atoms with Crippen LogP contribution >= 0.6 is 11.8 Å². The van der Waals surface area contributed by atoms with E-state index in [2.05, 4.69) is 23.6 Å². The predicted molar refractivity (Wildman–Crippen MR) is 60.3 cm³/mol. The van der Waals surface area contributed by atoms with Crippen LogP contribution in [0.1, 0.15) is 32.6 Å². The van der Waals surface area contributed by atoms with Crippen LogP contribution in [0.15, 0.2) is 0 Å². The van der Waals surface area contributed by atoms with Gasteiger partial charge < -0.3 is 0 Å². The zero-order valence-electron chi connectivity index (χ0n) is 8.67. The van der Waals surface area contributed by atoms with Crippen molar-refractivity contribution >= 4 is 11.8 Å². The van der Waals surface area contributed by atoms with Crippen molar-refractivity contribution in [3.63, 3.8) is 0 Å². The maximum atomic E-state index is 2.74. The molecule has 76 valence electrons. The molecule has 0 bridgehead atoms. The van der Waals surface area contributed by atoms with Gasteiger partial charge in [0.05, 0.1) is 0 Å². The Labute approximate surface area is 86.3 Å². The summed E-state index contributed by atoms with van der Waals surface area (Å²) in [5.74, 6) is 3.73. The molecule has 1 aliphatic carbocycles. The topological polar surface area (TPSA) is 3.24 Å². The molecule has 1 saturated carbocycles. The number of nitrogens with zero attached hydrogens (tertiary/aromatic N) is 1. The molecule has 1 nitrogen and oxygen atoms in total. The first-order valence-corrected chi connectivity index (χ1v) is 6.83. The fourth-order valence-electron chi connectivity index (χ4n) is 2.55. The molecule has 1 aliphatic heterocycles. The van der Waals surface area contributed by atoms with Crippen molar-refractivity contribution in [3.8, 4) is 0 Å². The summed E-state index contributed by atoms with van der Waals surface area (Å²) in [5.41, 5.74) is 0. The van der Waals surface area contributed by atoms with E-state index >= 15 is 0 Å². The van der Waals surface area contributed by atoms with E-state index in [-0.39, 0.29) is 0 Å². The second kappa shape index (κ2) is 4.70. The molecule has 0 atom stereocenters. The summed E-state index contributed by atoms with van der Waals surface area (Å²) in [6.07, 6.45) is 5.86. The Bertz CT molecular complexity index is 146. The van der Waals surface area contributed by atoms with Gasteiger partial charge in [-0.1, -0.05) is 6.92 Å². The van der Waals surface area contributed by atoms with Crippen LogP contribution in [0.5, 0.6) is 0 Å². The first-order chi connectivity index (χ1) is 6.36. The van der Waals surface area contributed by atoms with Crippen LogP contribution in [0.2, 0.25) is 0 Å². The molecule has 0 amide bonds. The normalized spacial score (nSPS) is 37.6. The van der Waals surface area contributed by atoms with Gasteiger partial charge in [-0.25, -0.2) is 0 Å². The Kier molecular flexibility index (Phi) is 3.56. The quantitative estimate of drug-likeness (QED) is 0.638. The highest BCUT2D eigenvalue weighted by Gasteiger charge is 2.24. The third kappa shape index (κ3) is 2.63. The zero-order chi connectivity index (χ0) is 9.10. The molecule has 1 saturated heterocycles. The molecule has 0 N–H and O–H groups in total. The number of hydrogen-bond donors (Lipinski definition) is 0. The maximum Gasteiger partial charge on any atom is 0.00961 e. The summed E-state index contributed by atoms with van der Waals surface area (Å²) < 4.78 is 0. The Morgan fingerprint density at radius 3 is 2.23 bits per heavy atom. The van der Waals surface area contributed by atoms with E-state index in [0.29, 0.717) is 0 Å². The van der Waals surface area contributed by atoms with Gasteiger partial charge >= 0.3 is 0 Å². The van der Waals surface area contributed by atoms with E-state index in [4.69, 9.17) is 0 Å². The van der Waals surface area contributed by atoms with E-state index in [0.717, 1.165) is 12.0 Å². The van der Waals surface area contributed by atoms with Gasteiger partial charge in [-0.05, 0) is 31.6 Å². The first kappa shape index (κ1) is 9.85. The van der Waals surface area contributed by atoms with Gasteiger partial charge in [0.1, 0.15) is 0 Å². The molecule has 0 spiro atoms. The largest absolute Gasteiger partial charge is 0.299 e. The second-order valence-corrected chi connectivity index (χ2v) is 5.79. The van der Waals surface area contributed by atoms with E-state index < -0.39 is 0 Å². The van der Waals surface area contributed by atoms with Gasteiger partial charge in [0.15, 0.2) is 0 Å². The van der Waals surface area contributed by atoms with Crippen LogP contribution < -0.4 is 0 Å². The second-order valence-electron chi connectivity index (χ2n) is 4.56. The van der Waals surface area contributed by atoms with Crippen LogP contribution in [0, 0.1) is 5.92 Å². The minimum absolute atomic E-state index is 0.942. The van der Waals surface area contributed by atoms with Crippen molar-refractivity contribution in [2.45, 2.75) is 38.6 Å². The van der Waals surface area contributed by atoms with Gasteiger partial charge in [-0.2, -0.15) is 11.8 Å². The molecular weight excluding hydrogens is 178 g/mol. The fraction of sp³-hybridized carbons (Fsp3) is 1.00. The molecule has 1 heterocycles. The molecule has 0 aromatic heterocycles. The Hall–Kier alpha value is 0.310. The summed E-state index contributed by atoms with van der Waals surface area (Å²) in [6, 6.07) is 0.942. The lowest BCUT2D eigenvalue weighted by Gasteiger charge is -2.38. The number of rotatable bonds is 1. The molecule has 2 heteroatoms. The molecule has 2 aliphatic rings. The van der Waals surface area contributed by atoms with Gasteiger partial charge in [0.2, 0.25) is 0 Å². The Balaban J connectivity index is 1.79. The van der Waals surface area contributed by atoms with Crippen molar-refractivity contribution in [1.82, 2.24) is 4.90 Å². The van der Waals surface area contributed by atoms with Gasteiger partial charge in [-0.3, -0.25) is 4.90 Å². The third-order valence-electron chi connectivity index (χ3n) is 3.55. The summed E-state index contributed by atoms with van der Waals surface area (Å²) in [7, 11) is 0. The molecular formula is C11H21NS. The van der Waals surface area contributed by atoms with Crippen LogP contribution in [0.4, 0.5) is 0 Å². The van der Waals surface area contributed by atoms with Crippen LogP contribution in [0.3, 0.4) is 0 Å². The van der Waals surface area contributed by atoms with E-state index in [1.54, 1.807) is 0 Å². The molecule has 13 heavy (non-hydrogen) atoms. The first-order valence-electron chi connectivity index (χ1n) is 5.68. The van der Waals surface area contributed by atoms with Crippen LogP contribution in [-0.4, -0.2) is 35.5 Å². The standard InChI is InChI=1S/C11H21NS/c1-10-2-4-11(5-3-10)12-6-8-13-9-7-12/h10-11H,2-9H2,1H3/t10-,11-. The summed E-state index contributed by atoms with van der Waals surface area (Å²) >= 11 is 2.12. The molecule has 0 unspecified atom stereocenters. The number of hydrogen-bond acceptors (Lipinski definition) is 2. The Morgan fingerprint density at radius 2 is 1.62 bits per heavy atom. The van der Waals surface area contributed by atoms with Crippen molar-refractivity contribution in [3.05, 3.63) is 0 Å². The van der Waals surface area contributed by atoms with Crippen molar-refractivity contribution in [1.29, 1.82) is 0 Å². The smallest absolute Gasteiger partial charge is 0.00961 e. The van der Waals surface area contributed by atoms with Gasteiger partial charge in [0.25, 0.3) is 0 Å². The van der Waals surface area contributed by atoms with E-state index in [1.165, 1.54) is 50.3 Å². The van der Waals surface area contributed by atoms with Crippen molar-refractivity contribution in [2.75, 3.05) is 24.6 Å². The van der Waals surface area contributed by atoms with E-state index in [1.807, 2.05) is 0 Å². The SMILES string of the molecule is C[C@H]1CC[C@H](N2CCSCC2)CC1. The fourth-order valence-corrected chi connectivity index (χ4v) is 3.48. The number of thioether (sulfide) groups is 1. The lowest BCUT2D eigenvalue weighted by molar-refractivity contribution is 0.153. The van der Waals surface area contributed by atoms with Gasteiger partial charge in [-0.15, -0.1) is 0 Å². The highest BCUT2D eigenvalue weighted by molar-refractivity contribution is 7.99. The molecule has 0 radical (unpaired) electrons. The molecule has 2 fully saturated rings. The minimum Gasteiger partial charge on any atom is -0.299 e. The van der Waals surface area contributed by atoms with Gasteiger partial charge in [0, 0.05) is 30.6 Å². The average molecular weight is 199 g/mol. The average Bonchev–Trinajstić information content (AvgIpc) is 2.20. The maximum absolute atomic E-state index is 2.74. The van der Waals surface area contributed by atoms with Crippen molar-refractivity contribution in [2.24, 2.45) is 5.92 Å². The third-order valence-corrected chi connectivity index (χ3v) is 4.49.